The molecule has 0 radical (unpaired) electrons. The Bertz CT molecular complexity index is 1040. The smallest absolute Gasteiger partial charge is 0.255 e. The Morgan fingerprint density at radius 1 is 0.960 bits per heavy atom. The van der Waals surface area contributed by atoms with E-state index in [-0.39, 0.29) is 5.91 Å². The van der Waals surface area contributed by atoms with Crippen molar-refractivity contribution in [2.24, 2.45) is 0 Å². The van der Waals surface area contributed by atoms with Gasteiger partial charge in [-0.2, -0.15) is 0 Å². The van der Waals surface area contributed by atoms with Gasteiger partial charge in [-0.1, -0.05) is 46.3 Å². The van der Waals surface area contributed by atoms with Crippen molar-refractivity contribution in [1.82, 2.24) is 4.98 Å². The maximum Gasteiger partial charge on any atom is 0.255 e. The molecule has 1 aromatic heterocycles. The Kier molecular flexibility index (Phi) is 4.34. The second kappa shape index (κ2) is 6.78. The van der Waals surface area contributed by atoms with Gasteiger partial charge in [0.15, 0.2) is 0 Å². The molecule has 0 spiro atoms. The molecule has 0 unspecified atom stereocenters. The first-order valence-electron chi connectivity index (χ1n) is 7.72. The molecule has 0 atom stereocenters. The summed E-state index contributed by atoms with van der Waals surface area (Å²) in [7, 11) is 0. The minimum absolute atomic E-state index is 0.136. The molecule has 122 valence electrons. The first kappa shape index (κ1) is 16.0. The summed E-state index contributed by atoms with van der Waals surface area (Å²) in [4.78, 5) is 17.1. The number of para-hydroxylation sites is 1. The average molecular weight is 409 g/mol. The zero-order chi connectivity index (χ0) is 17.2. The van der Waals surface area contributed by atoms with Crippen molar-refractivity contribution in [3.05, 3.63) is 82.8 Å². The van der Waals surface area contributed by atoms with Crippen LogP contribution in [0.15, 0.2) is 77.3 Å². The first-order valence-corrected chi connectivity index (χ1v) is 9.33. The highest BCUT2D eigenvalue weighted by Crippen LogP contribution is 2.31. The average Bonchev–Trinajstić information content (AvgIpc) is 3.06. The Morgan fingerprint density at radius 3 is 2.64 bits per heavy atom. The number of aromatic nitrogens is 1. The lowest BCUT2D eigenvalue weighted by atomic mass is 10.2. The molecule has 3 nitrogen and oxygen atoms in total. The third-order valence-electron chi connectivity index (χ3n) is 3.75. The molecular weight excluding hydrogens is 396 g/mol. The number of anilines is 1. The van der Waals surface area contributed by atoms with Gasteiger partial charge in [0.2, 0.25) is 0 Å². The van der Waals surface area contributed by atoms with Crippen molar-refractivity contribution in [3.63, 3.8) is 0 Å². The molecule has 0 fully saturated rings. The second-order valence-corrected chi connectivity index (χ2v) is 7.48. The van der Waals surface area contributed by atoms with Crippen molar-refractivity contribution in [3.8, 4) is 10.6 Å². The van der Waals surface area contributed by atoms with E-state index in [2.05, 4.69) is 32.3 Å². The van der Waals surface area contributed by atoms with E-state index in [1.165, 1.54) is 0 Å². The number of rotatable bonds is 3. The van der Waals surface area contributed by atoms with E-state index in [0.29, 0.717) is 5.56 Å². The van der Waals surface area contributed by atoms with E-state index in [9.17, 15) is 4.79 Å². The van der Waals surface area contributed by atoms with Gasteiger partial charge in [-0.15, -0.1) is 11.3 Å². The minimum Gasteiger partial charge on any atom is -0.322 e. The van der Waals surface area contributed by atoms with E-state index < -0.39 is 0 Å². The molecule has 1 amide bonds. The summed E-state index contributed by atoms with van der Waals surface area (Å²) in [5.41, 5.74) is 3.35. The summed E-state index contributed by atoms with van der Waals surface area (Å²) in [5.74, 6) is -0.136. The molecule has 0 saturated heterocycles. The van der Waals surface area contributed by atoms with Crippen LogP contribution in [0, 0.1) is 0 Å². The molecule has 1 heterocycles. The topological polar surface area (TPSA) is 42.0 Å². The number of nitrogens with zero attached hydrogens (tertiary/aromatic N) is 1. The van der Waals surface area contributed by atoms with Crippen LogP contribution in [-0.4, -0.2) is 10.9 Å². The number of carbonyl (C=O) groups excluding carboxylic acids is 1. The number of fused-ring (bicyclic) bond motifs is 1. The van der Waals surface area contributed by atoms with E-state index in [1.807, 2.05) is 54.6 Å². The van der Waals surface area contributed by atoms with Crippen LogP contribution in [0.1, 0.15) is 10.4 Å². The number of amides is 1. The molecule has 0 aliphatic rings. The zero-order valence-corrected chi connectivity index (χ0v) is 15.5. The van der Waals surface area contributed by atoms with Crippen LogP contribution in [0.2, 0.25) is 0 Å². The van der Waals surface area contributed by atoms with Gasteiger partial charge < -0.3 is 5.32 Å². The SMILES string of the molecule is O=C(Nc1cccc(-c2nc3ccccc3s2)c1)c1cccc(Br)c1. The molecule has 0 bridgehead atoms. The van der Waals surface area contributed by atoms with Gasteiger partial charge in [-0.3, -0.25) is 4.79 Å². The first-order chi connectivity index (χ1) is 12.2. The summed E-state index contributed by atoms with van der Waals surface area (Å²) < 4.78 is 2.03. The second-order valence-electron chi connectivity index (χ2n) is 5.53. The molecule has 0 saturated carbocycles. The number of nitrogens with one attached hydrogen (secondary N) is 1. The standard InChI is InChI=1S/C20H13BrN2OS/c21-15-7-3-5-13(11-15)19(24)22-16-8-4-6-14(12-16)20-23-17-9-1-2-10-18(17)25-20/h1-12H,(H,22,24). The van der Waals surface area contributed by atoms with Crippen LogP contribution in [0.4, 0.5) is 5.69 Å². The normalized spacial score (nSPS) is 10.8. The Labute approximate surface area is 157 Å². The lowest BCUT2D eigenvalue weighted by molar-refractivity contribution is 0.102. The Morgan fingerprint density at radius 2 is 1.80 bits per heavy atom. The van der Waals surface area contributed by atoms with Gasteiger partial charge in [0.05, 0.1) is 10.2 Å². The lowest BCUT2D eigenvalue weighted by Gasteiger charge is -2.07. The number of halogens is 1. The molecule has 4 aromatic rings. The minimum atomic E-state index is -0.136. The van der Waals surface area contributed by atoms with Crippen molar-refractivity contribution >= 4 is 49.1 Å². The fraction of sp³-hybridized carbons (Fsp3) is 0. The summed E-state index contributed by atoms with van der Waals surface area (Å²) in [5, 5.41) is 3.89. The molecule has 1 N–H and O–H groups in total. The third-order valence-corrected chi connectivity index (χ3v) is 5.33. The highest BCUT2D eigenvalue weighted by molar-refractivity contribution is 9.10. The summed E-state index contributed by atoms with van der Waals surface area (Å²) in [6, 6.07) is 23.2. The molecule has 25 heavy (non-hydrogen) atoms. The van der Waals surface area contributed by atoms with Crippen molar-refractivity contribution in [2.45, 2.75) is 0 Å². The summed E-state index contributed by atoms with van der Waals surface area (Å²) in [6.45, 7) is 0. The molecule has 3 aromatic carbocycles. The van der Waals surface area contributed by atoms with E-state index >= 15 is 0 Å². The van der Waals surface area contributed by atoms with Gasteiger partial charge in [0.25, 0.3) is 5.91 Å². The summed E-state index contributed by atoms with van der Waals surface area (Å²) >= 11 is 5.03. The van der Waals surface area contributed by atoms with Gasteiger partial charge in [-0.25, -0.2) is 4.98 Å². The van der Waals surface area contributed by atoms with Crippen molar-refractivity contribution in [1.29, 1.82) is 0 Å². The van der Waals surface area contributed by atoms with Crippen LogP contribution < -0.4 is 5.32 Å². The van der Waals surface area contributed by atoms with Gasteiger partial charge in [0, 0.05) is 21.3 Å². The Balaban J connectivity index is 1.62. The summed E-state index contributed by atoms with van der Waals surface area (Å²) in [6.07, 6.45) is 0. The highest BCUT2D eigenvalue weighted by Gasteiger charge is 2.09. The van der Waals surface area contributed by atoms with Gasteiger partial charge in [-0.05, 0) is 42.5 Å². The monoisotopic (exact) mass is 408 g/mol. The number of hydrogen-bond donors (Lipinski definition) is 1. The molecular formula is C20H13BrN2OS. The number of thiazole rings is 1. The molecule has 5 heteroatoms. The largest absolute Gasteiger partial charge is 0.322 e. The van der Waals surface area contributed by atoms with Crippen molar-refractivity contribution in [2.75, 3.05) is 5.32 Å². The lowest BCUT2D eigenvalue weighted by Crippen LogP contribution is -2.11. The number of hydrogen-bond acceptors (Lipinski definition) is 3. The fourth-order valence-electron chi connectivity index (χ4n) is 2.56. The maximum atomic E-state index is 12.4. The van der Waals surface area contributed by atoms with E-state index in [0.717, 1.165) is 30.9 Å². The number of benzene rings is 3. The Hall–Kier alpha value is -2.50. The highest BCUT2D eigenvalue weighted by atomic mass is 79.9. The molecule has 4 rings (SSSR count). The van der Waals surface area contributed by atoms with Crippen LogP contribution in [0.5, 0.6) is 0 Å². The predicted octanol–water partition coefficient (Wildman–Crippen LogP) is 5.98. The van der Waals surface area contributed by atoms with E-state index in [4.69, 9.17) is 0 Å². The van der Waals surface area contributed by atoms with Crippen LogP contribution in [0.3, 0.4) is 0 Å². The zero-order valence-electron chi connectivity index (χ0n) is 13.1. The third kappa shape index (κ3) is 3.48. The fourth-order valence-corrected chi connectivity index (χ4v) is 3.92. The quantitative estimate of drug-likeness (QED) is 0.453. The van der Waals surface area contributed by atoms with Crippen LogP contribution >= 0.6 is 27.3 Å². The maximum absolute atomic E-state index is 12.4. The number of carbonyl (C=O) groups is 1. The van der Waals surface area contributed by atoms with E-state index in [1.54, 1.807) is 23.5 Å². The predicted molar refractivity (Wildman–Crippen MR) is 107 cm³/mol. The van der Waals surface area contributed by atoms with Crippen LogP contribution in [-0.2, 0) is 0 Å². The van der Waals surface area contributed by atoms with Gasteiger partial charge in [0.1, 0.15) is 5.01 Å². The molecule has 0 aliphatic heterocycles. The van der Waals surface area contributed by atoms with Crippen LogP contribution in [0.25, 0.3) is 20.8 Å². The van der Waals surface area contributed by atoms with Gasteiger partial charge >= 0.3 is 0 Å². The molecule has 0 aliphatic carbocycles. The van der Waals surface area contributed by atoms with Crippen molar-refractivity contribution < 1.29 is 4.79 Å².